The number of aromatic nitrogens is 2. The van der Waals surface area contributed by atoms with Gasteiger partial charge in [-0.25, -0.2) is 4.98 Å². The van der Waals surface area contributed by atoms with Crippen molar-refractivity contribution in [3.63, 3.8) is 0 Å². The lowest BCUT2D eigenvalue weighted by molar-refractivity contribution is 0.554. The van der Waals surface area contributed by atoms with Crippen LogP contribution in [0.2, 0.25) is 5.28 Å². The third-order valence-electron chi connectivity index (χ3n) is 1.61. The molecule has 2 heterocycles. The van der Waals surface area contributed by atoms with Gasteiger partial charge in [-0.05, 0) is 39.7 Å². The molecule has 0 spiro atoms. The summed E-state index contributed by atoms with van der Waals surface area (Å²) < 4.78 is 5.76. The molecule has 2 rings (SSSR count). The third kappa shape index (κ3) is 1.73. The van der Waals surface area contributed by atoms with Crippen LogP contribution >= 0.6 is 27.5 Å². The van der Waals surface area contributed by atoms with E-state index in [1.54, 1.807) is 12.1 Å². The van der Waals surface area contributed by atoms with Gasteiger partial charge in [0.05, 0.1) is 0 Å². The van der Waals surface area contributed by atoms with Gasteiger partial charge in [0.2, 0.25) is 5.28 Å². The Morgan fingerprint density at radius 1 is 1.50 bits per heavy atom. The highest BCUT2D eigenvalue weighted by Crippen LogP contribution is 2.21. The number of rotatable bonds is 1. The Balaban J connectivity index is 2.57. The zero-order valence-corrected chi connectivity index (χ0v) is 9.09. The van der Waals surface area contributed by atoms with Crippen LogP contribution in [0.1, 0.15) is 0 Å². The molecule has 0 aromatic carbocycles. The Labute approximate surface area is 92.1 Å². The maximum absolute atomic E-state index is 11.4. The van der Waals surface area contributed by atoms with Crippen molar-refractivity contribution in [1.29, 1.82) is 0 Å². The number of halogens is 2. The van der Waals surface area contributed by atoms with Crippen LogP contribution in [0.3, 0.4) is 0 Å². The quantitative estimate of drug-likeness (QED) is 0.813. The molecule has 1 N–H and O–H groups in total. The molecule has 0 bridgehead atoms. The molecule has 0 saturated heterocycles. The molecule has 0 aliphatic rings. The largest absolute Gasteiger partial charge is 0.449 e. The molecule has 0 aliphatic carbocycles. The van der Waals surface area contributed by atoms with E-state index in [2.05, 4.69) is 25.9 Å². The minimum Gasteiger partial charge on any atom is -0.449 e. The second kappa shape index (κ2) is 3.59. The van der Waals surface area contributed by atoms with E-state index in [9.17, 15) is 4.79 Å². The standard InChI is InChI=1S/C8H4BrClN2O2/c9-6-2-1-5(14-6)4-3-11-8(10)12-7(4)13/h1-3H,(H,11,12,13). The molecule has 0 saturated carbocycles. The van der Waals surface area contributed by atoms with E-state index < -0.39 is 0 Å². The maximum atomic E-state index is 11.4. The highest BCUT2D eigenvalue weighted by atomic mass is 79.9. The molecule has 4 nitrogen and oxygen atoms in total. The zero-order valence-electron chi connectivity index (χ0n) is 6.75. The highest BCUT2D eigenvalue weighted by Gasteiger charge is 2.08. The number of H-pyrrole nitrogens is 1. The molecule has 72 valence electrons. The predicted octanol–water partition coefficient (Wildman–Crippen LogP) is 2.45. The monoisotopic (exact) mass is 274 g/mol. The number of aromatic amines is 1. The summed E-state index contributed by atoms with van der Waals surface area (Å²) >= 11 is 8.65. The van der Waals surface area contributed by atoms with Gasteiger partial charge >= 0.3 is 0 Å². The summed E-state index contributed by atoms with van der Waals surface area (Å²) in [5, 5.41) is 0.0596. The van der Waals surface area contributed by atoms with Gasteiger partial charge in [0.25, 0.3) is 5.56 Å². The van der Waals surface area contributed by atoms with Crippen LogP contribution in [0.4, 0.5) is 0 Å². The summed E-state index contributed by atoms with van der Waals surface area (Å²) in [6.07, 6.45) is 1.37. The number of hydrogen-bond donors (Lipinski definition) is 1. The van der Waals surface area contributed by atoms with Crippen molar-refractivity contribution in [1.82, 2.24) is 9.97 Å². The fraction of sp³-hybridized carbons (Fsp3) is 0. The SMILES string of the molecule is O=c1[nH]c(Cl)ncc1-c1ccc(Br)o1. The molecular weight excluding hydrogens is 271 g/mol. The first-order chi connectivity index (χ1) is 6.66. The third-order valence-corrected chi connectivity index (χ3v) is 2.23. The van der Waals surface area contributed by atoms with Crippen molar-refractivity contribution in [2.24, 2.45) is 0 Å². The smallest absolute Gasteiger partial charge is 0.262 e. The molecule has 0 amide bonds. The fourth-order valence-corrected chi connectivity index (χ4v) is 1.45. The first kappa shape index (κ1) is 9.48. The van der Waals surface area contributed by atoms with Gasteiger partial charge in [-0.1, -0.05) is 0 Å². The van der Waals surface area contributed by atoms with Gasteiger partial charge in [0.15, 0.2) is 4.67 Å². The molecule has 0 atom stereocenters. The Morgan fingerprint density at radius 2 is 2.29 bits per heavy atom. The van der Waals surface area contributed by atoms with Crippen LogP contribution in [-0.2, 0) is 0 Å². The Morgan fingerprint density at radius 3 is 2.86 bits per heavy atom. The molecule has 2 aromatic heterocycles. The highest BCUT2D eigenvalue weighted by molar-refractivity contribution is 9.10. The van der Waals surface area contributed by atoms with Gasteiger partial charge in [-0.2, -0.15) is 0 Å². The van der Waals surface area contributed by atoms with Crippen LogP contribution in [0, 0.1) is 0 Å². The Hall–Kier alpha value is -1.07. The topological polar surface area (TPSA) is 58.9 Å². The first-order valence-corrected chi connectivity index (χ1v) is 4.84. The van der Waals surface area contributed by atoms with Crippen molar-refractivity contribution in [2.45, 2.75) is 0 Å². The van der Waals surface area contributed by atoms with Gasteiger partial charge in [-0.3, -0.25) is 9.78 Å². The van der Waals surface area contributed by atoms with Crippen molar-refractivity contribution in [3.05, 3.63) is 38.6 Å². The van der Waals surface area contributed by atoms with Crippen molar-refractivity contribution in [3.8, 4) is 11.3 Å². The summed E-state index contributed by atoms with van der Waals surface area (Å²) in [4.78, 5) is 17.5. The lowest BCUT2D eigenvalue weighted by Gasteiger charge is -1.94. The van der Waals surface area contributed by atoms with E-state index in [4.69, 9.17) is 16.0 Å². The van der Waals surface area contributed by atoms with Gasteiger partial charge in [-0.15, -0.1) is 0 Å². The average Bonchev–Trinajstić information content (AvgIpc) is 2.51. The summed E-state index contributed by atoms with van der Waals surface area (Å²) in [6.45, 7) is 0. The minimum absolute atomic E-state index is 0.0596. The van der Waals surface area contributed by atoms with E-state index >= 15 is 0 Å². The summed E-state index contributed by atoms with van der Waals surface area (Å²) in [6, 6.07) is 3.37. The fourth-order valence-electron chi connectivity index (χ4n) is 1.01. The molecule has 0 aliphatic heterocycles. The van der Waals surface area contributed by atoms with E-state index in [1.807, 2.05) is 0 Å². The number of hydrogen-bond acceptors (Lipinski definition) is 3. The molecular formula is C8H4BrClN2O2. The Kier molecular flexibility index (Phi) is 2.43. The number of nitrogens with zero attached hydrogens (tertiary/aromatic N) is 1. The van der Waals surface area contributed by atoms with Crippen molar-refractivity contribution < 1.29 is 4.42 Å². The second-order valence-corrected chi connectivity index (χ2v) is 3.66. The summed E-state index contributed by atoms with van der Waals surface area (Å²) in [5.41, 5.74) is 0.0203. The van der Waals surface area contributed by atoms with Gasteiger partial charge < -0.3 is 4.42 Å². The second-order valence-electron chi connectivity index (χ2n) is 2.52. The summed E-state index contributed by atoms with van der Waals surface area (Å²) in [5.74, 6) is 0.447. The van der Waals surface area contributed by atoms with E-state index in [1.165, 1.54) is 6.20 Å². The van der Waals surface area contributed by atoms with Crippen LogP contribution in [0.25, 0.3) is 11.3 Å². The van der Waals surface area contributed by atoms with Gasteiger partial charge in [0.1, 0.15) is 11.3 Å². The van der Waals surface area contributed by atoms with E-state index in [-0.39, 0.29) is 10.8 Å². The van der Waals surface area contributed by atoms with Crippen LogP contribution in [0.15, 0.2) is 32.2 Å². The maximum Gasteiger partial charge on any atom is 0.262 e. The summed E-state index contributed by atoms with van der Waals surface area (Å²) in [7, 11) is 0. The van der Waals surface area contributed by atoms with Crippen molar-refractivity contribution in [2.75, 3.05) is 0 Å². The van der Waals surface area contributed by atoms with Crippen LogP contribution < -0.4 is 5.56 Å². The predicted molar refractivity (Wildman–Crippen MR) is 55.3 cm³/mol. The van der Waals surface area contributed by atoms with Gasteiger partial charge in [0, 0.05) is 6.20 Å². The van der Waals surface area contributed by atoms with E-state index in [0.29, 0.717) is 16.0 Å². The van der Waals surface area contributed by atoms with E-state index in [0.717, 1.165) is 0 Å². The molecule has 6 heteroatoms. The minimum atomic E-state index is -0.327. The lowest BCUT2D eigenvalue weighted by atomic mass is 10.3. The normalized spacial score (nSPS) is 10.4. The number of nitrogens with one attached hydrogen (secondary N) is 1. The molecule has 14 heavy (non-hydrogen) atoms. The zero-order chi connectivity index (χ0) is 10.1. The molecule has 0 unspecified atom stereocenters. The molecule has 0 fully saturated rings. The average molecular weight is 275 g/mol. The number of furan rings is 1. The first-order valence-electron chi connectivity index (χ1n) is 3.67. The molecule has 0 radical (unpaired) electrons. The lowest BCUT2D eigenvalue weighted by Crippen LogP contribution is -2.09. The van der Waals surface area contributed by atoms with Crippen LogP contribution in [-0.4, -0.2) is 9.97 Å². The van der Waals surface area contributed by atoms with Crippen molar-refractivity contribution >= 4 is 27.5 Å². The van der Waals surface area contributed by atoms with Crippen LogP contribution in [0.5, 0.6) is 0 Å². The molecule has 2 aromatic rings. The Bertz CT molecular complexity index is 520.